The molecule has 0 bridgehead atoms. The summed E-state index contributed by atoms with van der Waals surface area (Å²) in [6, 6.07) is -0.297. The molecule has 0 aliphatic rings. The number of carbonyl (C=O) groups excluding carboxylic acids is 2. The first-order valence-electron chi connectivity index (χ1n) is 6.55. The van der Waals surface area contributed by atoms with Gasteiger partial charge in [-0.1, -0.05) is 27.2 Å². The normalized spacial score (nSPS) is 11.1. The van der Waals surface area contributed by atoms with Gasteiger partial charge < -0.3 is 15.4 Å². The van der Waals surface area contributed by atoms with Gasteiger partial charge in [0.25, 0.3) is 0 Å². The first-order valence-corrected chi connectivity index (χ1v) is 6.55. The minimum absolute atomic E-state index is 0.0357. The van der Waals surface area contributed by atoms with Gasteiger partial charge in [0.05, 0.1) is 6.04 Å². The summed E-state index contributed by atoms with van der Waals surface area (Å²) in [5.74, 6) is -0.0357. The van der Waals surface area contributed by atoms with E-state index in [1.165, 1.54) is 12.8 Å². The van der Waals surface area contributed by atoms with Gasteiger partial charge in [-0.15, -0.1) is 0 Å². The van der Waals surface area contributed by atoms with Crippen molar-refractivity contribution in [2.45, 2.75) is 58.9 Å². The van der Waals surface area contributed by atoms with Crippen molar-refractivity contribution >= 4 is 12.2 Å². The van der Waals surface area contributed by atoms with E-state index < -0.39 is 0 Å². The van der Waals surface area contributed by atoms with Crippen LogP contribution in [0.25, 0.3) is 0 Å². The van der Waals surface area contributed by atoms with Gasteiger partial charge in [0, 0.05) is 6.42 Å². The number of rotatable bonds is 8. The first kappa shape index (κ1) is 18.5. The summed E-state index contributed by atoms with van der Waals surface area (Å²) in [6.07, 6.45) is 5.36. The van der Waals surface area contributed by atoms with E-state index in [-0.39, 0.29) is 11.9 Å². The highest BCUT2D eigenvalue weighted by molar-refractivity contribution is 5.79. The highest BCUT2D eigenvalue weighted by Crippen LogP contribution is 1.90. The number of hydrogen-bond donors (Lipinski definition) is 2. The summed E-state index contributed by atoms with van der Waals surface area (Å²) in [6.45, 7) is 7.15. The van der Waals surface area contributed by atoms with Crippen LogP contribution < -0.4 is 10.6 Å². The van der Waals surface area contributed by atoms with Crippen LogP contribution in [0.1, 0.15) is 52.9 Å². The molecule has 4 heteroatoms. The third-order valence-corrected chi connectivity index (χ3v) is 2.21. The molecule has 1 amide bonds. The Kier molecular flexibility index (Phi) is 16.4. The van der Waals surface area contributed by atoms with Crippen LogP contribution in [0.5, 0.6) is 0 Å². The van der Waals surface area contributed by atoms with Gasteiger partial charge in [0.1, 0.15) is 6.29 Å². The molecule has 0 aromatic carbocycles. The van der Waals surface area contributed by atoms with Gasteiger partial charge in [0.2, 0.25) is 5.91 Å². The van der Waals surface area contributed by atoms with Crippen LogP contribution in [0.15, 0.2) is 0 Å². The van der Waals surface area contributed by atoms with Crippen molar-refractivity contribution in [2.24, 2.45) is 0 Å². The van der Waals surface area contributed by atoms with Crippen molar-refractivity contribution in [3.8, 4) is 0 Å². The van der Waals surface area contributed by atoms with Crippen LogP contribution in [0.4, 0.5) is 0 Å². The molecule has 0 aromatic rings. The lowest BCUT2D eigenvalue weighted by molar-refractivity contribution is -0.124. The SMILES string of the molecule is CCCC(=O)NC(C=O)CC.CCCCNC. The fourth-order valence-corrected chi connectivity index (χ4v) is 1.09. The highest BCUT2D eigenvalue weighted by Gasteiger charge is 2.06. The van der Waals surface area contributed by atoms with Crippen molar-refractivity contribution in [3.63, 3.8) is 0 Å². The van der Waals surface area contributed by atoms with Crippen molar-refractivity contribution in [1.29, 1.82) is 0 Å². The van der Waals surface area contributed by atoms with Gasteiger partial charge in [-0.2, -0.15) is 0 Å². The quantitative estimate of drug-likeness (QED) is 0.506. The van der Waals surface area contributed by atoms with E-state index in [1.807, 2.05) is 20.9 Å². The Balaban J connectivity index is 0. The molecule has 0 radical (unpaired) electrons. The maximum Gasteiger partial charge on any atom is 0.220 e. The summed E-state index contributed by atoms with van der Waals surface area (Å²) in [4.78, 5) is 21.2. The zero-order valence-electron chi connectivity index (χ0n) is 11.7. The van der Waals surface area contributed by atoms with Crippen LogP contribution in [-0.4, -0.2) is 31.8 Å². The first-order chi connectivity index (χ1) is 8.15. The van der Waals surface area contributed by atoms with Gasteiger partial charge in [-0.3, -0.25) is 4.79 Å². The molecule has 0 aromatic heterocycles. The zero-order valence-corrected chi connectivity index (χ0v) is 11.7. The van der Waals surface area contributed by atoms with E-state index in [0.29, 0.717) is 12.8 Å². The predicted octanol–water partition coefficient (Wildman–Crippen LogP) is 1.89. The Bertz CT molecular complexity index is 180. The molecular formula is C13H28N2O2. The summed E-state index contributed by atoms with van der Waals surface area (Å²) in [5.41, 5.74) is 0. The molecule has 0 aliphatic heterocycles. The number of hydrogen-bond acceptors (Lipinski definition) is 3. The molecule has 1 atom stereocenters. The molecule has 0 rings (SSSR count). The number of carbonyl (C=O) groups is 2. The van der Waals surface area contributed by atoms with Gasteiger partial charge >= 0.3 is 0 Å². The summed E-state index contributed by atoms with van der Waals surface area (Å²) in [7, 11) is 1.98. The van der Waals surface area contributed by atoms with Crippen LogP contribution in [0, 0.1) is 0 Å². The van der Waals surface area contributed by atoms with E-state index in [9.17, 15) is 9.59 Å². The molecular weight excluding hydrogens is 216 g/mol. The topological polar surface area (TPSA) is 58.2 Å². The molecule has 0 fully saturated rings. The molecule has 102 valence electrons. The molecule has 4 nitrogen and oxygen atoms in total. The van der Waals surface area contributed by atoms with Crippen LogP contribution in [-0.2, 0) is 9.59 Å². The second kappa shape index (κ2) is 15.1. The lowest BCUT2D eigenvalue weighted by Crippen LogP contribution is -2.35. The van der Waals surface area contributed by atoms with Gasteiger partial charge in [-0.25, -0.2) is 0 Å². The maximum atomic E-state index is 10.9. The van der Waals surface area contributed by atoms with E-state index in [1.54, 1.807) is 0 Å². The Morgan fingerprint density at radius 1 is 1.24 bits per heavy atom. The lowest BCUT2D eigenvalue weighted by Gasteiger charge is -2.08. The smallest absolute Gasteiger partial charge is 0.220 e. The molecule has 0 spiro atoms. The van der Waals surface area contributed by atoms with E-state index in [4.69, 9.17) is 0 Å². The Hall–Kier alpha value is -0.900. The monoisotopic (exact) mass is 244 g/mol. The highest BCUT2D eigenvalue weighted by atomic mass is 16.2. The van der Waals surface area contributed by atoms with Crippen LogP contribution >= 0.6 is 0 Å². The molecule has 2 N–H and O–H groups in total. The molecule has 17 heavy (non-hydrogen) atoms. The van der Waals surface area contributed by atoms with Crippen LogP contribution in [0.2, 0.25) is 0 Å². The fourth-order valence-electron chi connectivity index (χ4n) is 1.09. The van der Waals surface area contributed by atoms with Crippen molar-refractivity contribution in [2.75, 3.05) is 13.6 Å². The lowest BCUT2D eigenvalue weighted by atomic mass is 10.2. The fraction of sp³-hybridized carbons (Fsp3) is 0.846. The van der Waals surface area contributed by atoms with Crippen molar-refractivity contribution in [3.05, 3.63) is 0 Å². The molecule has 0 saturated heterocycles. The Labute approximate surface area is 106 Å². The number of aldehydes is 1. The van der Waals surface area contributed by atoms with Gasteiger partial charge in [-0.05, 0) is 32.9 Å². The minimum atomic E-state index is -0.297. The van der Waals surface area contributed by atoms with E-state index >= 15 is 0 Å². The average molecular weight is 244 g/mol. The standard InChI is InChI=1S/C8H15NO2.C5H13N/c1-3-5-8(11)9-7(4-2)6-10;1-3-4-5-6-2/h6-7H,3-5H2,1-2H3,(H,9,11);6H,3-5H2,1-2H3. The summed E-state index contributed by atoms with van der Waals surface area (Å²) >= 11 is 0. The molecule has 0 heterocycles. The molecule has 1 unspecified atom stereocenters. The van der Waals surface area contributed by atoms with E-state index in [0.717, 1.165) is 19.3 Å². The number of amides is 1. The number of unbranched alkanes of at least 4 members (excludes halogenated alkanes) is 1. The van der Waals surface area contributed by atoms with Gasteiger partial charge in [0.15, 0.2) is 0 Å². The summed E-state index contributed by atoms with van der Waals surface area (Å²) < 4.78 is 0. The zero-order chi connectivity index (χ0) is 13.5. The van der Waals surface area contributed by atoms with Crippen molar-refractivity contribution in [1.82, 2.24) is 10.6 Å². The third-order valence-electron chi connectivity index (χ3n) is 2.21. The largest absolute Gasteiger partial charge is 0.347 e. The second-order valence-corrected chi connectivity index (χ2v) is 3.93. The third kappa shape index (κ3) is 15.1. The predicted molar refractivity (Wildman–Crippen MR) is 72.0 cm³/mol. The second-order valence-electron chi connectivity index (χ2n) is 3.93. The molecule has 0 aliphatic carbocycles. The van der Waals surface area contributed by atoms with Crippen molar-refractivity contribution < 1.29 is 9.59 Å². The molecule has 0 saturated carbocycles. The average Bonchev–Trinajstić information content (AvgIpc) is 2.34. The number of nitrogens with one attached hydrogen (secondary N) is 2. The van der Waals surface area contributed by atoms with Crippen LogP contribution in [0.3, 0.4) is 0 Å². The minimum Gasteiger partial charge on any atom is -0.347 e. The van der Waals surface area contributed by atoms with E-state index in [2.05, 4.69) is 17.6 Å². The Morgan fingerprint density at radius 3 is 2.18 bits per heavy atom. The Morgan fingerprint density at radius 2 is 1.88 bits per heavy atom. The summed E-state index contributed by atoms with van der Waals surface area (Å²) in [5, 5.41) is 5.68. The maximum absolute atomic E-state index is 10.9.